The van der Waals surface area contributed by atoms with E-state index in [0.29, 0.717) is 48.9 Å². The van der Waals surface area contributed by atoms with Crippen molar-refractivity contribution < 1.29 is 25.2 Å². The first-order valence-corrected chi connectivity index (χ1v) is 13.6. The predicted molar refractivity (Wildman–Crippen MR) is 128 cm³/mol. The molecule has 0 aromatic heterocycles. The molecule has 4 saturated carbocycles. The average molecular weight is 465 g/mol. The number of hydrogen-bond acceptors (Lipinski definition) is 5. The fourth-order valence-electron chi connectivity index (χ4n) is 9.23. The van der Waals surface area contributed by atoms with Crippen LogP contribution in [0, 0.1) is 58.2 Å². The summed E-state index contributed by atoms with van der Waals surface area (Å²) in [7, 11) is 0. The Labute approximate surface area is 200 Å². The number of ketones is 1. The molecule has 4 N–H and O–H groups in total. The van der Waals surface area contributed by atoms with Gasteiger partial charge in [-0.25, -0.2) is 0 Å². The van der Waals surface area contributed by atoms with E-state index in [0.717, 1.165) is 25.7 Å². The largest absolute Gasteiger partial charge is 0.390 e. The van der Waals surface area contributed by atoms with Gasteiger partial charge in [0.2, 0.25) is 0 Å². The zero-order valence-corrected chi connectivity index (χ0v) is 21.6. The van der Waals surface area contributed by atoms with Gasteiger partial charge < -0.3 is 20.4 Å². The Morgan fingerprint density at radius 1 is 0.879 bits per heavy atom. The van der Waals surface area contributed by atoms with Crippen molar-refractivity contribution >= 4 is 5.78 Å². The maximum atomic E-state index is 13.3. The van der Waals surface area contributed by atoms with Crippen LogP contribution in [-0.4, -0.2) is 50.6 Å². The van der Waals surface area contributed by atoms with Gasteiger partial charge in [0.25, 0.3) is 0 Å². The van der Waals surface area contributed by atoms with Gasteiger partial charge >= 0.3 is 0 Å². The van der Waals surface area contributed by atoms with Crippen molar-refractivity contribution in [1.29, 1.82) is 0 Å². The van der Waals surface area contributed by atoms with Gasteiger partial charge in [0, 0.05) is 12.3 Å². The fourth-order valence-corrected chi connectivity index (χ4v) is 9.23. The molecule has 0 aliphatic heterocycles. The quantitative estimate of drug-likeness (QED) is 0.496. The lowest BCUT2D eigenvalue weighted by atomic mass is 9.44. The second-order valence-corrected chi connectivity index (χ2v) is 13.4. The van der Waals surface area contributed by atoms with Crippen LogP contribution in [0.1, 0.15) is 86.5 Å². The van der Waals surface area contributed by atoms with Gasteiger partial charge in [0.15, 0.2) is 0 Å². The lowest BCUT2D eigenvalue weighted by Crippen LogP contribution is -2.59. The third kappa shape index (κ3) is 3.93. The molecule has 0 radical (unpaired) electrons. The van der Waals surface area contributed by atoms with Crippen molar-refractivity contribution in [2.45, 2.75) is 111 Å². The van der Waals surface area contributed by atoms with E-state index in [1.165, 1.54) is 0 Å². The van der Waals surface area contributed by atoms with Crippen LogP contribution in [0.5, 0.6) is 0 Å². The van der Waals surface area contributed by atoms with Crippen molar-refractivity contribution in [1.82, 2.24) is 0 Å². The number of aliphatic hydroxyl groups is 4. The smallest absolute Gasteiger partial charge is 0.136 e. The van der Waals surface area contributed by atoms with Crippen molar-refractivity contribution in [2.24, 2.45) is 58.2 Å². The van der Waals surface area contributed by atoms with E-state index in [2.05, 4.69) is 34.6 Å². The highest BCUT2D eigenvalue weighted by Gasteiger charge is 2.63. The lowest BCUT2D eigenvalue weighted by molar-refractivity contribution is -0.175. The number of carbonyl (C=O) groups excluding carboxylic acids is 1. The Kier molecular flexibility index (Phi) is 6.88. The summed E-state index contributed by atoms with van der Waals surface area (Å²) in [6.07, 6.45) is 2.80. The van der Waals surface area contributed by atoms with E-state index in [1.54, 1.807) is 0 Å². The second kappa shape index (κ2) is 8.87. The van der Waals surface area contributed by atoms with Gasteiger partial charge in [-0.15, -0.1) is 0 Å². The van der Waals surface area contributed by atoms with Crippen LogP contribution in [0.25, 0.3) is 0 Å². The van der Waals surface area contributed by atoms with E-state index in [4.69, 9.17) is 0 Å². The predicted octanol–water partition coefficient (Wildman–Crippen LogP) is 3.81. The molecule has 0 aromatic carbocycles. The number of aliphatic hydroxyl groups excluding tert-OH is 4. The van der Waals surface area contributed by atoms with Gasteiger partial charge in [-0.1, -0.05) is 41.5 Å². The van der Waals surface area contributed by atoms with E-state index < -0.39 is 24.4 Å². The molecule has 0 heterocycles. The molecule has 0 aromatic rings. The molecule has 4 fully saturated rings. The summed E-state index contributed by atoms with van der Waals surface area (Å²) in [5.74, 6) is 2.05. The first-order valence-electron chi connectivity index (χ1n) is 13.6. The van der Waals surface area contributed by atoms with Crippen LogP contribution in [0.4, 0.5) is 0 Å². The summed E-state index contributed by atoms with van der Waals surface area (Å²) in [6.45, 7) is 12.9. The molecule has 5 heteroatoms. The minimum Gasteiger partial charge on any atom is -0.390 e. The number of fused-ring (bicyclic) bond motifs is 5. The Bertz CT molecular complexity index is 738. The maximum absolute atomic E-state index is 13.3. The lowest BCUT2D eigenvalue weighted by Gasteiger charge is -2.61. The van der Waals surface area contributed by atoms with E-state index in [9.17, 15) is 25.2 Å². The van der Waals surface area contributed by atoms with Crippen LogP contribution >= 0.6 is 0 Å². The monoisotopic (exact) mass is 464 g/mol. The van der Waals surface area contributed by atoms with Crippen molar-refractivity contribution in [3.05, 3.63) is 0 Å². The first kappa shape index (κ1) is 25.6. The van der Waals surface area contributed by atoms with Gasteiger partial charge in [0.1, 0.15) is 5.78 Å². The summed E-state index contributed by atoms with van der Waals surface area (Å²) < 4.78 is 0. The topological polar surface area (TPSA) is 98.0 Å². The number of hydrogen-bond donors (Lipinski definition) is 4. The molecule has 33 heavy (non-hydrogen) atoms. The zero-order valence-electron chi connectivity index (χ0n) is 21.6. The van der Waals surface area contributed by atoms with E-state index in [1.807, 2.05) is 6.92 Å². The number of rotatable bonds is 5. The Morgan fingerprint density at radius 2 is 1.52 bits per heavy atom. The number of carbonyl (C=O) groups is 1. The third-order valence-electron chi connectivity index (χ3n) is 11.7. The molecule has 4 aliphatic carbocycles. The zero-order chi connectivity index (χ0) is 24.5. The average Bonchev–Trinajstić information content (AvgIpc) is 3.10. The molecular weight excluding hydrogens is 416 g/mol. The van der Waals surface area contributed by atoms with Crippen LogP contribution in [0.2, 0.25) is 0 Å². The van der Waals surface area contributed by atoms with Gasteiger partial charge in [-0.05, 0) is 90.8 Å². The summed E-state index contributed by atoms with van der Waals surface area (Å²) in [4.78, 5) is 13.3. The summed E-state index contributed by atoms with van der Waals surface area (Å²) >= 11 is 0. The van der Waals surface area contributed by atoms with Crippen molar-refractivity contribution in [3.63, 3.8) is 0 Å². The molecule has 0 unspecified atom stereocenters. The van der Waals surface area contributed by atoms with E-state index in [-0.39, 0.29) is 34.4 Å². The summed E-state index contributed by atoms with van der Waals surface area (Å²) in [5.41, 5.74) is -0.162. The minimum absolute atomic E-state index is 0.0158. The molecule has 0 amide bonds. The number of Topliss-reactive ketones (excluding diaryl/α,β-unsaturated/α-hetero) is 1. The summed E-state index contributed by atoms with van der Waals surface area (Å²) in [5, 5.41) is 42.8. The fraction of sp³-hybridized carbons (Fsp3) is 0.964. The van der Waals surface area contributed by atoms with Crippen LogP contribution < -0.4 is 0 Å². The second-order valence-electron chi connectivity index (χ2n) is 13.4. The molecule has 4 aliphatic rings. The highest BCUT2D eigenvalue weighted by atomic mass is 16.3. The van der Waals surface area contributed by atoms with E-state index >= 15 is 0 Å². The summed E-state index contributed by atoms with van der Waals surface area (Å²) in [6, 6.07) is 0. The molecule has 13 atom stereocenters. The van der Waals surface area contributed by atoms with Gasteiger partial charge in [0.05, 0.1) is 24.4 Å². The molecule has 4 rings (SSSR count). The normalized spacial score (nSPS) is 49.1. The van der Waals surface area contributed by atoms with Crippen LogP contribution in [-0.2, 0) is 4.79 Å². The Morgan fingerprint density at radius 3 is 2.15 bits per heavy atom. The van der Waals surface area contributed by atoms with Crippen LogP contribution in [0.15, 0.2) is 0 Å². The third-order valence-corrected chi connectivity index (χ3v) is 11.7. The van der Waals surface area contributed by atoms with Crippen molar-refractivity contribution in [3.8, 4) is 0 Å². The highest BCUT2D eigenvalue weighted by molar-refractivity contribution is 5.83. The first-order chi connectivity index (χ1) is 15.3. The minimum atomic E-state index is -0.782. The SMILES string of the molecule is CC(C)[C@H](C)[C@H](O)[C@H](O)[C@@H](C)[C@H]1CC[C@H]2[C@H]3CC(=O)[C@H]4C[C@H](O)[C@H](O)C[C@]4(C)[C@H]3CC[C@@]12C. The molecule has 0 saturated heterocycles. The molecular formula is C28H48O5. The molecule has 190 valence electrons. The maximum Gasteiger partial charge on any atom is 0.136 e. The highest BCUT2D eigenvalue weighted by Crippen LogP contribution is 2.67. The Balaban J connectivity index is 1.56. The molecule has 0 spiro atoms. The Hall–Kier alpha value is -0.490. The van der Waals surface area contributed by atoms with Gasteiger partial charge in [-0.3, -0.25) is 4.79 Å². The van der Waals surface area contributed by atoms with Crippen molar-refractivity contribution in [2.75, 3.05) is 0 Å². The molecule has 5 nitrogen and oxygen atoms in total. The molecule has 0 bridgehead atoms. The van der Waals surface area contributed by atoms with Crippen LogP contribution in [0.3, 0.4) is 0 Å². The van der Waals surface area contributed by atoms with Gasteiger partial charge in [-0.2, -0.15) is 0 Å². The standard InChI is InChI=1S/C28H48O5/c1-14(2)15(3)25(32)26(33)16(4)18-7-8-19-17-11-22(29)21-12-23(30)24(31)13-28(21,6)20(17)9-10-27(18,19)5/h14-21,23-26,30-33H,7-13H2,1-6H3/t15-,16-,17+,18+,19-,20-,21+,23-,24+,25-,26+,27-,28+/m0/s1.